The van der Waals surface area contributed by atoms with E-state index < -0.39 is 11.5 Å². The third-order valence-electron chi connectivity index (χ3n) is 3.72. The van der Waals surface area contributed by atoms with Gasteiger partial charge in [-0.25, -0.2) is 4.79 Å². The van der Waals surface area contributed by atoms with Crippen molar-refractivity contribution in [2.75, 3.05) is 13.1 Å². The monoisotopic (exact) mass is 250 g/mol. The highest BCUT2D eigenvalue weighted by Crippen LogP contribution is 2.63. The molecule has 1 aromatic heterocycles. The van der Waals surface area contributed by atoms with Gasteiger partial charge in [-0.2, -0.15) is 5.26 Å². The molecule has 3 rings (SSSR count). The second kappa shape index (κ2) is 3.17. The van der Waals surface area contributed by atoms with Crippen molar-refractivity contribution >= 4 is 17.4 Å². The summed E-state index contributed by atoms with van der Waals surface area (Å²) in [5.74, 6) is 0.187. The Kier molecular flexibility index (Phi) is 1.95. The molecule has 88 valence electrons. The zero-order valence-corrected chi connectivity index (χ0v) is 9.94. The number of nitriles is 1. The predicted molar refractivity (Wildman–Crippen MR) is 58.5 cm³/mol. The van der Waals surface area contributed by atoms with E-state index in [1.54, 1.807) is 0 Å². The Hall–Kier alpha value is -1.68. The summed E-state index contributed by atoms with van der Waals surface area (Å²) in [6.45, 7) is 2.73. The highest BCUT2D eigenvalue weighted by molar-refractivity contribution is 7.11. The normalized spacial score (nSPS) is 34.2. The van der Waals surface area contributed by atoms with Crippen LogP contribution in [0.2, 0.25) is 0 Å². The number of fused-ring (bicyclic) bond motifs is 1. The van der Waals surface area contributed by atoms with E-state index in [1.807, 2.05) is 6.92 Å². The zero-order chi connectivity index (χ0) is 12.2. The number of likely N-dealkylation sites (tertiary alicyclic amines) is 1. The molecule has 3 atom stereocenters. The topological polar surface area (TPSA) is 90.1 Å². The average Bonchev–Trinajstić information content (AvgIpc) is 2.72. The number of rotatable bonds is 1. The highest BCUT2D eigenvalue weighted by atomic mass is 32.1. The molecule has 1 N–H and O–H groups in total. The van der Waals surface area contributed by atoms with Gasteiger partial charge in [0.25, 0.3) is 0 Å². The number of hydrogen-bond acceptors (Lipinski definition) is 5. The molecule has 6 nitrogen and oxygen atoms in total. The molecule has 1 amide bonds. The molecule has 7 heteroatoms. The number of carboxylic acid groups (broad SMARTS) is 1. The molecular formula is C10H10N4O2S. The van der Waals surface area contributed by atoms with Gasteiger partial charge in [0.2, 0.25) is 0 Å². The maximum absolute atomic E-state index is 10.8. The molecule has 0 unspecified atom stereocenters. The first-order chi connectivity index (χ1) is 8.09. The van der Waals surface area contributed by atoms with E-state index >= 15 is 0 Å². The molecule has 1 saturated carbocycles. The van der Waals surface area contributed by atoms with Crippen molar-refractivity contribution in [3.8, 4) is 6.07 Å². The van der Waals surface area contributed by atoms with E-state index in [1.165, 1.54) is 16.2 Å². The van der Waals surface area contributed by atoms with Gasteiger partial charge in [0, 0.05) is 24.9 Å². The minimum absolute atomic E-state index is 0.0935. The van der Waals surface area contributed by atoms with Crippen LogP contribution in [0.1, 0.15) is 10.0 Å². The van der Waals surface area contributed by atoms with E-state index in [4.69, 9.17) is 5.11 Å². The van der Waals surface area contributed by atoms with Gasteiger partial charge >= 0.3 is 6.09 Å². The van der Waals surface area contributed by atoms with Crippen LogP contribution in [-0.4, -0.2) is 39.4 Å². The first-order valence-electron chi connectivity index (χ1n) is 5.29. The van der Waals surface area contributed by atoms with Crippen LogP contribution < -0.4 is 0 Å². The quantitative estimate of drug-likeness (QED) is 0.797. The maximum Gasteiger partial charge on any atom is 0.407 e. The van der Waals surface area contributed by atoms with Crippen molar-refractivity contribution in [1.82, 2.24) is 15.1 Å². The number of amides is 1. The largest absolute Gasteiger partial charge is 0.465 e. The molecule has 2 fully saturated rings. The van der Waals surface area contributed by atoms with E-state index in [9.17, 15) is 10.1 Å². The molecule has 0 bridgehead atoms. The second-order valence-corrected chi connectivity index (χ2v) is 5.69. The molecule has 0 spiro atoms. The summed E-state index contributed by atoms with van der Waals surface area (Å²) in [5.41, 5.74) is -0.572. The minimum Gasteiger partial charge on any atom is -0.465 e. The number of nitrogens with zero attached hydrogens (tertiary/aromatic N) is 4. The molecule has 0 radical (unpaired) electrons. The van der Waals surface area contributed by atoms with Crippen LogP contribution in [0.3, 0.4) is 0 Å². The Morgan fingerprint density at radius 3 is 2.65 bits per heavy atom. The van der Waals surface area contributed by atoms with Gasteiger partial charge in [-0.1, -0.05) is 0 Å². The Morgan fingerprint density at radius 2 is 2.24 bits per heavy atom. The fourth-order valence-corrected chi connectivity index (χ4v) is 3.74. The van der Waals surface area contributed by atoms with Crippen LogP contribution in [0.15, 0.2) is 0 Å². The van der Waals surface area contributed by atoms with Crippen molar-refractivity contribution in [1.29, 1.82) is 5.26 Å². The molecule has 2 heterocycles. The van der Waals surface area contributed by atoms with E-state index in [-0.39, 0.29) is 11.8 Å². The van der Waals surface area contributed by atoms with Crippen molar-refractivity contribution in [3.63, 3.8) is 0 Å². The Balaban J connectivity index is 1.87. The summed E-state index contributed by atoms with van der Waals surface area (Å²) in [6.07, 6.45) is -0.905. The van der Waals surface area contributed by atoms with Crippen LogP contribution in [-0.2, 0) is 5.41 Å². The minimum atomic E-state index is -0.905. The fraction of sp³-hybridized carbons (Fsp3) is 0.600. The van der Waals surface area contributed by atoms with Gasteiger partial charge in [-0.3, -0.25) is 0 Å². The molecule has 1 aliphatic heterocycles. The summed E-state index contributed by atoms with van der Waals surface area (Å²) < 4.78 is 0. The summed E-state index contributed by atoms with van der Waals surface area (Å²) in [7, 11) is 0. The Bertz CT molecular complexity index is 523. The van der Waals surface area contributed by atoms with Crippen LogP contribution in [0.4, 0.5) is 4.79 Å². The van der Waals surface area contributed by atoms with Gasteiger partial charge in [0.05, 0.1) is 6.07 Å². The number of aromatic nitrogens is 2. The number of hydrogen-bond donors (Lipinski definition) is 1. The van der Waals surface area contributed by atoms with Crippen LogP contribution >= 0.6 is 11.3 Å². The van der Waals surface area contributed by atoms with Crippen LogP contribution in [0.5, 0.6) is 0 Å². The smallest absolute Gasteiger partial charge is 0.407 e. The van der Waals surface area contributed by atoms with Crippen molar-refractivity contribution in [2.24, 2.45) is 11.8 Å². The third kappa shape index (κ3) is 1.21. The molecule has 1 saturated heterocycles. The van der Waals surface area contributed by atoms with Gasteiger partial charge in [0.1, 0.15) is 15.4 Å². The Morgan fingerprint density at radius 1 is 1.59 bits per heavy atom. The maximum atomic E-state index is 10.8. The molecule has 1 aromatic rings. The highest BCUT2D eigenvalue weighted by Gasteiger charge is 2.72. The summed E-state index contributed by atoms with van der Waals surface area (Å²) in [5, 5.41) is 27.8. The first-order valence-corrected chi connectivity index (χ1v) is 6.11. The third-order valence-corrected chi connectivity index (χ3v) is 4.71. The molecule has 17 heavy (non-hydrogen) atoms. The summed E-state index contributed by atoms with van der Waals surface area (Å²) >= 11 is 1.44. The lowest BCUT2D eigenvalue weighted by Crippen LogP contribution is -2.33. The standard InChI is InChI=1S/C10H10N4O2S/c1-5-12-13-8(17-5)10(4-11)6-2-14(9(15)16)3-7(6)10/h6-7H,2-3H2,1H3,(H,15,16)/t6-,7+,10-. The van der Waals surface area contributed by atoms with Crippen molar-refractivity contribution in [2.45, 2.75) is 12.3 Å². The average molecular weight is 250 g/mol. The van der Waals surface area contributed by atoms with Crippen LogP contribution in [0.25, 0.3) is 0 Å². The summed E-state index contributed by atoms with van der Waals surface area (Å²) in [4.78, 5) is 12.2. The van der Waals surface area contributed by atoms with E-state index in [0.29, 0.717) is 13.1 Å². The molecule has 1 aliphatic carbocycles. The van der Waals surface area contributed by atoms with Gasteiger partial charge < -0.3 is 10.0 Å². The lowest BCUT2D eigenvalue weighted by atomic mass is 10.0. The summed E-state index contributed by atoms with van der Waals surface area (Å²) in [6, 6.07) is 2.33. The van der Waals surface area contributed by atoms with E-state index in [2.05, 4.69) is 16.3 Å². The first kappa shape index (κ1) is 10.5. The number of piperidine rings is 1. The van der Waals surface area contributed by atoms with Gasteiger partial charge in [-0.05, 0) is 6.92 Å². The Labute approximate surface area is 101 Å². The predicted octanol–water partition coefficient (Wildman–Crippen LogP) is 0.848. The van der Waals surface area contributed by atoms with Crippen molar-refractivity contribution < 1.29 is 9.90 Å². The van der Waals surface area contributed by atoms with Gasteiger partial charge in [-0.15, -0.1) is 21.5 Å². The lowest BCUT2D eigenvalue weighted by molar-refractivity contribution is 0.148. The lowest BCUT2D eigenvalue weighted by Gasteiger charge is -2.18. The van der Waals surface area contributed by atoms with Gasteiger partial charge in [0.15, 0.2) is 0 Å². The van der Waals surface area contributed by atoms with E-state index in [0.717, 1.165) is 10.0 Å². The number of aryl methyl sites for hydroxylation is 1. The zero-order valence-electron chi connectivity index (χ0n) is 9.12. The SMILES string of the molecule is Cc1nnc([C@]2(C#N)[C@@H]3CN(C(=O)O)C[C@@H]32)s1. The molecule has 2 aliphatic rings. The van der Waals surface area contributed by atoms with Crippen molar-refractivity contribution in [3.05, 3.63) is 10.0 Å². The number of carbonyl (C=O) groups is 1. The molecular weight excluding hydrogens is 240 g/mol. The molecule has 0 aromatic carbocycles. The fourth-order valence-electron chi connectivity index (χ4n) is 2.78. The van der Waals surface area contributed by atoms with Crippen LogP contribution in [0, 0.1) is 30.1 Å². The second-order valence-electron chi connectivity index (χ2n) is 4.51.